The molecule has 0 aliphatic carbocycles. The maximum absolute atomic E-state index is 13.3. The molecule has 0 saturated carbocycles. The summed E-state index contributed by atoms with van der Waals surface area (Å²) in [5.74, 6) is 1.61. The van der Waals surface area contributed by atoms with Crippen molar-refractivity contribution in [2.75, 3.05) is 16.8 Å². The Bertz CT molecular complexity index is 427. The molecule has 1 aromatic rings. The Morgan fingerprint density at radius 1 is 1.47 bits per heavy atom. The Hall–Kier alpha value is -1.21. The summed E-state index contributed by atoms with van der Waals surface area (Å²) in [6.07, 6.45) is 1.85. The number of aryl methyl sites for hydroxylation is 1. The van der Waals surface area contributed by atoms with E-state index in [0.717, 1.165) is 29.9 Å². The van der Waals surface area contributed by atoms with Gasteiger partial charge in [0.05, 0.1) is 6.07 Å². The zero-order valence-electron chi connectivity index (χ0n) is 9.79. The topological polar surface area (TPSA) is 35.8 Å². The van der Waals surface area contributed by atoms with E-state index < -0.39 is 5.54 Å². The molecular formula is C13H15FN2S. The molecule has 4 heteroatoms. The maximum atomic E-state index is 13.3. The lowest BCUT2D eigenvalue weighted by molar-refractivity contribution is 0.574. The van der Waals surface area contributed by atoms with Gasteiger partial charge in [-0.2, -0.15) is 17.0 Å². The van der Waals surface area contributed by atoms with Crippen LogP contribution in [0, 0.1) is 24.1 Å². The Kier molecular flexibility index (Phi) is 3.58. The zero-order valence-corrected chi connectivity index (χ0v) is 10.6. The smallest absolute Gasteiger partial charge is 0.134 e. The molecule has 0 amide bonds. The number of nitriles is 1. The number of hydrogen-bond acceptors (Lipinski definition) is 3. The molecule has 1 aliphatic heterocycles. The fraction of sp³-hybridized carbons (Fsp3) is 0.462. The highest BCUT2D eigenvalue weighted by atomic mass is 32.2. The maximum Gasteiger partial charge on any atom is 0.134 e. The Labute approximate surface area is 105 Å². The molecule has 2 rings (SSSR count). The van der Waals surface area contributed by atoms with Crippen molar-refractivity contribution in [2.24, 2.45) is 0 Å². The number of rotatable bonds is 2. The molecule has 17 heavy (non-hydrogen) atoms. The van der Waals surface area contributed by atoms with Gasteiger partial charge in [-0.1, -0.05) is 0 Å². The van der Waals surface area contributed by atoms with E-state index in [1.807, 2.05) is 13.0 Å². The molecule has 1 fully saturated rings. The van der Waals surface area contributed by atoms with Gasteiger partial charge in [-0.3, -0.25) is 0 Å². The van der Waals surface area contributed by atoms with Crippen LogP contribution >= 0.6 is 11.8 Å². The molecule has 0 aromatic heterocycles. The van der Waals surface area contributed by atoms with Gasteiger partial charge in [0, 0.05) is 11.4 Å². The van der Waals surface area contributed by atoms with E-state index in [4.69, 9.17) is 0 Å². The molecule has 0 spiro atoms. The number of thioether (sulfide) groups is 1. The second-order valence-electron chi connectivity index (χ2n) is 4.49. The van der Waals surface area contributed by atoms with E-state index in [9.17, 15) is 9.65 Å². The third kappa shape index (κ3) is 2.92. The van der Waals surface area contributed by atoms with Gasteiger partial charge in [0.1, 0.15) is 11.4 Å². The first-order valence-corrected chi connectivity index (χ1v) is 6.83. The van der Waals surface area contributed by atoms with Crippen LogP contribution in [0.1, 0.15) is 18.4 Å². The van der Waals surface area contributed by atoms with Crippen molar-refractivity contribution >= 4 is 17.4 Å². The number of halogens is 1. The average molecular weight is 250 g/mol. The summed E-state index contributed by atoms with van der Waals surface area (Å²) >= 11 is 1.78. The van der Waals surface area contributed by atoms with Crippen LogP contribution in [0.15, 0.2) is 18.2 Å². The average Bonchev–Trinajstić information content (AvgIpc) is 2.29. The molecule has 0 bridgehead atoms. The van der Waals surface area contributed by atoms with Crippen LogP contribution in [0.5, 0.6) is 0 Å². The summed E-state index contributed by atoms with van der Waals surface area (Å²) < 4.78 is 13.3. The van der Waals surface area contributed by atoms with Gasteiger partial charge in [-0.25, -0.2) is 4.39 Å². The first kappa shape index (κ1) is 12.3. The molecule has 1 N–H and O–H groups in total. The summed E-state index contributed by atoms with van der Waals surface area (Å²) in [6, 6.07) is 7.16. The third-order valence-corrected chi connectivity index (χ3v) is 4.15. The minimum atomic E-state index is -0.539. The first-order chi connectivity index (χ1) is 8.13. The molecule has 0 radical (unpaired) electrons. The molecule has 2 nitrogen and oxygen atoms in total. The quantitative estimate of drug-likeness (QED) is 0.874. The number of hydrogen-bond donors (Lipinski definition) is 1. The van der Waals surface area contributed by atoms with Crippen LogP contribution in [-0.2, 0) is 0 Å². The van der Waals surface area contributed by atoms with Crippen molar-refractivity contribution < 1.29 is 4.39 Å². The van der Waals surface area contributed by atoms with E-state index in [1.165, 1.54) is 12.1 Å². The molecule has 1 atom stereocenters. The highest BCUT2D eigenvalue weighted by Crippen LogP contribution is 2.30. The van der Waals surface area contributed by atoms with Gasteiger partial charge in [0.2, 0.25) is 0 Å². The number of benzene rings is 1. The standard InChI is InChI=1S/C13H15FN2S/c1-10-5-11(14)7-12(6-10)16-13(8-15)3-2-4-17-9-13/h5-7,16H,2-4,9H2,1H3. The molecular weight excluding hydrogens is 235 g/mol. The SMILES string of the molecule is Cc1cc(F)cc(NC2(C#N)CCCSC2)c1. The van der Waals surface area contributed by atoms with E-state index in [1.54, 1.807) is 11.8 Å². The van der Waals surface area contributed by atoms with Crippen LogP contribution in [0.3, 0.4) is 0 Å². The van der Waals surface area contributed by atoms with Crippen LogP contribution < -0.4 is 5.32 Å². The van der Waals surface area contributed by atoms with Crippen LogP contribution in [-0.4, -0.2) is 17.0 Å². The van der Waals surface area contributed by atoms with E-state index in [2.05, 4.69) is 11.4 Å². The summed E-state index contributed by atoms with van der Waals surface area (Å²) in [7, 11) is 0. The zero-order chi connectivity index (χ0) is 12.3. The predicted octanol–water partition coefficient (Wildman–Crippen LogP) is 3.34. The lowest BCUT2D eigenvalue weighted by Crippen LogP contribution is -2.41. The lowest BCUT2D eigenvalue weighted by Gasteiger charge is -2.32. The highest BCUT2D eigenvalue weighted by molar-refractivity contribution is 7.99. The fourth-order valence-electron chi connectivity index (χ4n) is 2.09. The highest BCUT2D eigenvalue weighted by Gasteiger charge is 2.32. The minimum absolute atomic E-state index is 0.260. The Morgan fingerprint density at radius 2 is 2.29 bits per heavy atom. The van der Waals surface area contributed by atoms with E-state index in [0.29, 0.717) is 5.69 Å². The number of anilines is 1. The molecule has 1 aliphatic rings. The minimum Gasteiger partial charge on any atom is -0.367 e. The van der Waals surface area contributed by atoms with Crippen molar-refractivity contribution in [1.82, 2.24) is 0 Å². The van der Waals surface area contributed by atoms with Crippen molar-refractivity contribution in [2.45, 2.75) is 25.3 Å². The van der Waals surface area contributed by atoms with Gasteiger partial charge in [0.15, 0.2) is 0 Å². The van der Waals surface area contributed by atoms with Crippen molar-refractivity contribution in [1.29, 1.82) is 5.26 Å². The monoisotopic (exact) mass is 250 g/mol. The second kappa shape index (κ2) is 4.97. The van der Waals surface area contributed by atoms with Gasteiger partial charge in [-0.15, -0.1) is 0 Å². The molecule has 1 unspecified atom stereocenters. The van der Waals surface area contributed by atoms with Gasteiger partial charge in [0.25, 0.3) is 0 Å². The van der Waals surface area contributed by atoms with Gasteiger partial charge < -0.3 is 5.32 Å². The molecule has 1 saturated heterocycles. The second-order valence-corrected chi connectivity index (χ2v) is 5.60. The summed E-state index contributed by atoms with van der Waals surface area (Å²) in [4.78, 5) is 0. The van der Waals surface area contributed by atoms with E-state index in [-0.39, 0.29) is 5.82 Å². The van der Waals surface area contributed by atoms with Gasteiger partial charge in [-0.05, 0) is 49.3 Å². The lowest BCUT2D eigenvalue weighted by atomic mass is 9.96. The first-order valence-electron chi connectivity index (χ1n) is 5.68. The molecule has 1 aromatic carbocycles. The Morgan fingerprint density at radius 3 is 2.88 bits per heavy atom. The summed E-state index contributed by atoms with van der Waals surface area (Å²) in [5, 5.41) is 12.5. The van der Waals surface area contributed by atoms with Gasteiger partial charge >= 0.3 is 0 Å². The van der Waals surface area contributed by atoms with Crippen molar-refractivity contribution in [3.05, 3.63) is 29.6 Å². The van der Waals surface area contributed by atoms with E-state index >= 15 is 0 Å². The van der Waals surface area contributed by atoms with Crippen molar-refractivity contribution in [3.8, 4) is 6.07 Å². The number of nitrogens with zero attached hydrogens (tertiary/aromatic N) is 1. The van der Waals surface area contributed by atoms with Crippen LogP contribution in [0.4, 0.5) is 10.1 Å². The molecule has 90 valence electrons. The molecule has 1 heterocycles. The van der Waals surface area contributed by atoms with Crippen LogP contribution in [0.2, 0.25) is 0 Å². The Balaban J connectivity index is 2.21. The largest absolute Gasteiger partial charge is 0.367 e. The third-order valence-electron chi connectivity index (χ3n) is 2.88. The van der Waals surface area contributed by atoms with Crippen LogP contribution in [0.25, 0.3) is 0 Å². The summed E-state index contributed by atoms with van der Waals surface area (Å²) in [6.45, 7) is 1.85. The fourth-order valence-corrected chi connectivity index (χ4v) is 3.22. The summed E-state index contributed by atoms with van der Waals surface area (Å²) in [5.41, 5.74) is 1.03. The number of nitrogens with one attached hydrogen (secondary N) is 1. The normalized spacial score (nSPS) is 24.1. The predicted molar refractivity (Wildman–Crippen MR) is 69.7 cm³/mol. The van der Waals surface area contributed by atoms with Crippen molar-refractivity contribution in [3.63, 3.8) is 0 Å².